The van der Waals surface area contributed by atoms with Crippen LogP contribution in [-0.4, -0.2) is 74.3 Å². The number of aromatic hydroxyl groups is 1. The van der Waals surface area contributed by atoms with E-state index in [-0.39, 0.29) is 57.4 Å². The van der Waals surface area contributed by atoms with Crippen molar-refractivity contribution in [3.63, 3.8) is 0 Å². The standard InChI is InChI=1S/C46H80N2O5/c1-19-23-47-42(11,12)27-32(28-43(47,13)14)52-38(50)46(22-4,39(51)53-33-29-44(15,16)48(24-20-2)45(17,18)30-33)34(21-3)31-25-35(40(5,6)7)37(49)36(26-31)41(8,9)10/h25-26,32-34,49H,19-24,27-30H2,1-18H3. The second kappa shape index (κ2) is 15.8. The first-order valence-electron chi connectivity index (χ1n) is 20.9. The third-order valence-electron chi connectivity index (χ3n) is 12.7. The summed E-state index contributed by atoms with van der Waals surface area (Å²) >= 11 is 0. The van der Waals surface area contributed by atoms with Gasteiger partial charge in [0.2, 0.25) is 0 Å². The molecular formula is C46H80N2O5. The van der Waals surface area contributed by atoms with Crippen molar-refractivity contribution >= 4 is 11.9 Å². The lowest BCUT2D eigenvalue weighted by atomic mass is 9.66. The van der Waals surface area contributed by atoms with Crippen molar-refractivity contribution in [3.05, 3.63) is 28.8 Å². The Hall–Kier alpha value is -2.12. The number of carbonyl (C=O) groups is 2. The molecule has 0 radical (unpaired) electrons. The first-order valence-corrected chi connectivity index (χ1v) is 20.9. The lowest BCUT2D eigenvalue weighted by molar-refractivity contribution is -0.191. The van der Waals surface area contributed by atoms with Gasteiger partial charge in [-0.1, -0.05) is 81.4 Å². The molecule has 2 saturated heterocycles. The predicted molar refractivity (Wildman–Crippen MR) is 220 cm³/mol. The van der Waals surface area contributed by atoms with Crippen LogP contribution in [0.5, 0.6) is 5.75 Å². The quantitative estimate of drug-likeness (QED) is 0.169. The molecule has 1 atom stereocenters. The van der Waals surface area contributed by atoms with E-state index in [9.17, 15) is 5.11 Å². The number of hydrogen-bond donors (Lipinski definition) is 1. The molecule has 0 aromatic heterocycles. The molecule has 0 aliphatic carbocycles. The van der Waals surface area contributed by atoms with E-state index in [1.165, 1.54) is 0 Å². The smallest absolute Gasteiger partial charge is 0.324 e. The van der Waals surface area contributed by atoms with Crippen LogP contribution in [0.4, 0.5) is 0 Å². The van der Waals surface area contributed by atoms with Crippen molar-refractivity contribution in [2.75, 3.05) is 13.1 Å². The highest BCUT2D eigenvalue weighted by Gasteiger charge is 2.57. The number of carbonyl (C=O) groups excluding carboxylic acids is 2. The Balaban J connectivity index is 2.23. The van der Waals surface area contributed by atoms with Gasteiger partial charge < -0.3 is 14.6 Å². The first-order chi connectivity index (χ1) is 24.1. The van der Waals surface area contributed by atoms with Gasteiger partial charge in [0, 0.05) is 53.8 Å². The monoisotopic (exact) mass is 741 g/mol. The number of esters is 2. The molecule has 1 N–H and O–H groups in total. The summed E-state index contributed by atoms with van der Waals surface area (Å²) in [5, 5.41) is 11.7. The molecule has 2 fully saturated rings. The van der Waals surface area contributed by atoms with Crippen LogP contribution in [0.2, 0.25) is 0 Å². The van der Waals surface area contributed by atoms with Crippen LogP contribution in [0.3, 0.4) is 0 Å². The highest BCUT2D eigenvalue weighted by molar-refractivity contribution is 6.01. The lowest BCUT2D eigenvalue weighted by Crippen LogP contribution is -2.63. The average Bonchev–Trinajstić information content (AvgIpc) is 2.97. The predicted octanol–water partition coefficient (Wildman–Crippen LogP) is 10.8. The van der Waals surface area contributed by atoms with Crippen molar-refractivity contribution in [2.45, 2.75) is 227 Å². The normalized spacial score (nSPS) is 22.0. The van der Waals surface area contributed by atoms with Crippen molar-refractivity contribution in [3.8, 4) is 5.75 Å². The number of hydrogen-bond acceptors (Lipinski definition) is 7. The van der Waals surface area contributed by atoms with E-state index in [1.807, 2.05) is 19.1 Å². The van der Waals surface area contributed by atoms with Gasteiger partial charge in [0.1, 0.15) is 18.0 Å². The maximum absolute atomic E-state index is 15.3. The molecule has 7 heteroatoms. The number of likely N-dealkylation sites (tertiary alicyclic amines) is 2. The van der Waals surface area contributed by atoms with E-state index >= 15 is 9.59 Å². The van der Waals surface area contributed by atoms with Crippen molar-refractivity contribution < 1.29 is 24.2 Å². The number of phenolic OH excluding ortho intramolecular Hbond substituents is 1. The number of benzene rings is 1. The topological polar surface area (TPSA) is 79.3 Å². The van der Waals surface area contributed by atoms with E-state index < -0.39 is 23.3 Å². The van der Waals surface area contributed by atoms with Crippen LogP contribution in [-0.2, 0) is 29.9 Å². The summed E-state index contributed by atoms with van der Waals surface area (Å²) < 4.78 is 13.4. The Bertz CT molecular complexity index is 1310. The fourth-order valence-electron chi connectivity index (χ4n) is 10.6. The molecule has 304 valence electrons. The second-order valence-electron chi connectivity index (χ2n) is 21.2. The second-order valence-corrected chi connectivity index (χ2v) is 21.2. The molecule has 0 saturated carbocycles. The van der Waals surface area contributed by atoms with Crippen LogP contribution >= 0.6 is 0 Å². The highest BCUT2D eigenvalue weighted by atomic mass is 16.6. The van der Waals surface area contributed by atoms with Crippen LogP contribution in [0.25, 0.3) is 0 Å². The fourth-order valence-corrected chi connectivity index (χ4v) is 10.6. The number of piperidine rings is 2. The zero-order valence-corrected chi connectivity index (χ0v) is 37.4. The molecule has 1 aromatic carbocycles. The first kappa shape index (κ1) is 45.3. The van der Waals surface area contributed by atoms with Gasteiger partial charge in [0.25, 0.3) is 0 Å². The minimum absolute atomic E-state index is 0.188. The van der Waals surface area contributed by atoms with Crippen LogP contribution in [0.15, 0.2) is 12.1 Å². The third kappa shape index (κ3) is 9.30. The van der Waals surface area contributed by atoms with E-state index in [4.69, 9.17) is 9.47 Å². The Morgan fingerprint density at radius 3 is 1.25 bits per heavy atom. The van der Waals surface area contributed by atoms with Crippen molar-refractivity contribution in [1.82, 2.24) is 9.80 Å². The molecular weight excluding hydrogens is 661 g/mol. The van der Waals surface area contributed by atoms with Gasteiger partial charge in [-0.15, -0.1) is 0 Å². The molecule has 1 aromatic rings. The molecule has 0 spiro atoms. The molecule has 0 amide bonds. The van der Waals surface area contributed by atoms with E-state index in [1.54, 1.807) is 0 Å². The summed E-state index contributed by atoms with van der Waals surface area (Å²) in [6, 6.07) is 4.07. The van der Waals surface area contributed by atoms with E-state index in [0.717, 1.165) is 42.6 Å². The van der Waals surface area contributed by atoms with E-state index in [0.29, 0.717) is 32.1 Å². The average molecular weight is 741 g/mol. The zero-order valence-electron chi connectivity index (χ0n) is 37.4. The molecule has 7 nitrogen and oxygen atoms in total. The molecule has 1 unspecified atom stereocenters. The van der Waals surface area contributed by atoms with Crippen LogP contribution < -0.4 is 0 Å². The summed E-state index contributed by atoms with van der Waals surface area (Å²) in [6.45, 7) is 40.9. The summed E-state index contributed by atoms with van der Waals surface area (Å²) in [5.74, 6) is -1.22. The Labute approximate surface area is 325 Å². The summed E-state index contributed by atoms with van der Waals surface area (Å²) in [6.07, 6.45) is 4.92. The number of rotatable bonds is 12. The molecule has 3 rings (SSSR count). The minimum Gasteiger partial charge on any atom is -0.507 e. The maximum atomic E-state index is 15.3. The molecule has 2 aliphatic heterocycles. The molecule has 2 aliphatic rings. The SMILES string of the molecule is CCCN1C(C)(C)CC(OC(=O)C(CC)(C(=O)OC2CC(C)(C)N(CCC)C(C)(C)C2)C(CC)c2cc(C(C)(C)C)c(O)c(C(C)(C)C)c2)CC1(C)C. The summed E-state index contributed by atoms with van der Waals surface area (Å²) in [4.78, 5) is 35.7. The largest absolute Gasteiger partial charge is 0.507 e. The van der Waals surface area contributed by atoms with Gasteiger partial charge in [-0.2, -0.15) is 0 Å². The number of nitrogens with zero attached hydrogens (tertiary/aromatic N) is 2. The lowest BCUT2D eigenvalue weighted by Gasteiger charge is -2.55. The minimum atomic E-state index is -1.58. The molecule has 53 heavy (non-hydrogen) atoms. The zero-order chi connectivity index (χ0) is 40.8. The van der Waals surface area contributed by atoms with Gasteiger partial charge >= 0.3 is 11.9 Å². The van der Waals surface area contributed by atoms with E-state index in [2.05, 4.69) is 128 Å². The highest BCUT2D eigenvalue weighted by Crippen LogP contribution is 2.50. The maximum Gasteiger partial charge on any atom is 0.324 e. The van der Waals surface area contributed by atoms with Gasteiger partial charge in [0.15, 0.2) is 5.41 Å². The number of ether oxygens (including phenoxy) is 2. The molecule has 2 heterocycles. The Morgan fingerprint density at radius 1 is 0.679 bits per heavy atom. The van der Waals surface area contributed by atoms with Gasteiger partial charge in [-0.25, -0.2) is 0 Å². The number of phenols is 1. The Kier molecular flexibility index (Phi) is 13.5. The van der Waals surface area contributed by atoms with Gasteiger partial charge in [-0.3, -0.25) is 19.4 Å². The summed E-state index contributed by atoms with van der Waals surface area (Å²) in [7, 11) is 0. The van der Waals surface area contributed by atoms with Crippen molar-refractivity contribution in [2.24, 2.45) is 5.41 Å². The van der Waals surface area contributed by atoms with Crippen LogP contribution in [0.1, 0.15) is 199 Å². The van der Waals surface area contributed by atoms with Gasteiger partial charge in [-0.05, 0) is 122 Å². The van der Waals surface area contributed by atoms with Gasteiger partial charge in [0.05, 0.1) is 0 Å². The van der Waals surface area contributed by atoms with Crippen molar-refractivity contribution in [1.29, 1.82) is 0 Å². The third-order valence-corrected chi connectivity index (χ3v) is 12.7. The summed E-state index contributed by atoms with van der Waals surface area (Å²) in [5.41, 5.74) is -0.598. The Morgan fingerprint density at radius 2 is 1.00 bits per heavy atom. The fraction of sp³-hybridized carbons (Fsp3) is 0.826. The van der Waals surface area contributed by atoms with Crippen LogP contribution in [0, 0.1) is 5.41 Å². The molecule has 0 bridgehead atoms.